The number of fused-ring (bicyclic) bond motifs is 1. The van der Waals surface area contributed by atoms with Crippen molar-refractivity contribution in [3.8, 4) is 0 Å². The van der Waals surface area contributed by atoms with E-state index in [0.29, 0.717) is 13.2 Å². The highest BCUT2D eigenvalue weighted by Crippen LogP contribution is 2.17. The predicted molar refractivity (Wildman–Crippen MR) is 134 cm³/mol. The van der Waals surface area contributed by atoms with Gasteiger partial charge in [0.15, 0.2) is 5.96 Å². The number of halogens is 1. The Hall–Kier alpha value is -1.94. The van der Waals surface area contributed by atoms with Gasteiger partial charge in [-0.3, -0.25) is 14.8 Å². The lowest BCUT2D eigenvalue weighted by Crippen LogP contribution is -2.55. The van der Waals surface area contributed by atoms with Crippen LogP contribution >= 0.6 is 24.0 Å². The second-order valence-electron chi connectivity index (χ2n) is 7.79. The van der Waals surface area contributed by atoms with Crippen LogP contribution in [0, 0.1) is 0 Å². The summed E-state index contributed by atoms with van der Waals surface area (Å²) in [5.41, 5.74) is 2.28. The Balaban J connectivity index is 0.00000272. The third-order valence-corrected chi connectivity index (χ3v) is 5.79. The van der Waals surface area contributed by atoms with E-state index in [1.807, 2.05) is 17.2 Å². The highest BCUT2D eigenvalue weighted by atomic mass is 127. The third-order valence-electron chi connectivity index (χ3n) is 5.79. The van der Waals surface area contributed by atoms with Crippen LogP contribution < -0.4 is 5.32 Å². The Morgan fingerprint density at radius 2 is 1.97 bits per heavy atom. The molecule has 1 aromatic heterocycles. The quantitative estimate of drug-likeness (QED) is 0.361. The number of benzene rings is 1. The van der Waals surface area contributed by atoms with Gasteiger partial charge in [-0.05, 0) is 37.8 Å². The Kier molecular flexibility index (Phi) is 8.89. The molecule has 0 radical (unpaired) electrons. The number of pyridine rings is 1. The van der Waals surface area contributed by atoms with Crippen molar-refractivity contribution in [2.24, 2.45) is 4.99 Å². The summed E-state index contributed by atoms with van der Waals surface area (Å²) in [7, 11) is 0. The number of carbonyl (C=O) groups is 1. The zero-order valence-electron chi connectivity index (χ0n) is 18.1. The summed E-state index contributed by atoms with van der Waals surface area (Å²) in [6, 6.07) is 10.4. The van der Waals surface area contributed by atoms with Crippen LogP contribution in [0.2, 0.25) is 0 Å². The number of amides is 1. The topological polar surface area (TPSA) is 70.1 Å². The van der Waals surface area contributed by atoms with Crippen LogP contribution in [-0.4, -0.2) is 78.6 Å². The fraction of sp³-hybridized carbons (Fsp3) is 0.522. The monoisotopic (exact) mass is 537 g/mol. The van der Waals surface area contributed by atoms with Gasteiger partial charge >= 0.3 is 0 Å². The molecule has 168 valence electrons. The van der Waals surface area contributed by atoms with Crippen LogP contribution in [0.4, 0.5) is 0 Å². The molecule has 1 aromatic carbocycles. The maximum atomic E-state index is 12.6. The average Bonchev–Trinajstić information content (AvgIpc) is 3.33. The SMILES string of the molecule is CCNC(=NCCc1cccc2cccnc12)N1CCN(C(=O)C2CCCO2)CC1.I. The Morgan fingerprint density at radius 3 is 2.71 bits per heavy atom. The van der Waals surface area contributed by atoms with Gasteiger partial charge in [-0.2, -0.15) is 0 Å². The van der Waals surface area contributed by atoms with E-state index in [9.17, 15) is 4.79 Å². The zero-order valence-corrected chi connectivity index (χ0v) is 20.5. The lowest BCUT2D eigenvalue weighted by Gasteiger charge is -2.37. The minimum absolute atomic E-state index is 0. The molecule has 8 heteroatoms. The van der Waals surface area contributed by atoms with E-state index in [0.717, 1.165) is 68.8 Å². The maximum absolute atomic E-state index is 12.6. The second-order valence-corrected chi connectivity index (χ2v) is 7.79. The molecule has 0 bridgehead atoms. The highest BCUT2D eigenvalue weighted by molar-refractivity contribution is 14.0. The van der Waals surface area contributed by atoms with Crippen molar-refractivity contribution < 1.29 is 9.53 Å². The summed E-state index contributed by atoms with van der Waals surface area (Å²) < 4.78 is 5.56. The summed E-state index contributed by atoms with van der Waals surface area (Å²) in [5, 5.41) is 4.57. The van der Waals surface area contributed by atoms with E-state index in [4.69, 9.17) is 9.73 Å². The van der Waals surface area contributed by atoms with Crippen molar-refractivity contribution in [2.45, 2.75) is 32.3 Å². The number of ether oxygens (including phenoxy) is 1. The second kappa shape index (κ2) is 11.6. The zero-order chi connectivity index (χ0) is 20.8. The van der Waals surface area contributed by atoms with E-state index in [-0.39, 0.29) is 36.0 Å². The number of piperazine rings is 1. The van der Waals surface area contributed by atoms with E-state index in [1.165, 1.54) is 5.56 Å². The molecule has 2 fully saturated rings. The first kappa shape index (κ1) is 23.7. The number of nitrogens with zero attached hydrogens (tertiary/aromatic N) is 4. The number of rotatable bonds is 5. The molecule has 0 spiro atoms. The van der Waals surface area contributed by atoms with Crippen LogP contribution in [0.1, 0.15) is 25.3 Å². The summed E-state index contributed by atoms with van der Waals surface area (Å²) in [5.74, 6) is 1.08. The van der Waals surface area contributed by atoms with E-state index < -0.39 is 0 Å². The normalized spacial score (nSPS) is 19.4. The van der Waals surface area contributed by atoms with Crippen LogP contribution in [0.15, 0.2) is 41.5 Å². The van der Waals surface area contributed by atoms with Crippen molar-refractivity contribution in [3.63, 3.8) is 0 Å². The van der Waals surface area contributed by atoms with Gasteiger partial charge in [0.1, 0.15) is 6.10 Å². The first-order valence-electron chi connectivity index (χ1n) is 11.0. The number of hydrogen-bond donors (Lipinski definition) is 1. The third kappa shape index (κ3) is 5.85. The minimum atomic E-state index is -0.229. The molecule has 3 heterocycles. The summed E-state index contributed by atoms with van der Waals surface area (Å²) in [6.07, 6.45) is 4.30. The van der Waals surface area contributed by atoms with E-state index in [2.05, 4.69) is 46.4 Å². The van der Waals surface area contributed by atoms with Crippen molar-refractivity contribution >= 4 is 46.7 Å². The molecule has 2 aliphatic heterocycles. The average molecular weight is 537 g/mol. The van der Waals surface area contributed by atoms with Crippen LogP contribution in [-0.2, 0) is 16.0 Å². The van der Waals surface area contributed by atoms with Crippen molar-refractivity contribution in [2.75, 3.05) is 45.9 Å². The molecule has 31 heavy (non-hydrogen) atoms. The van der Waals surface area contributed by atoms with Gasteiger partial charge in [0, 0.05) is 57.5 Å². The van der Waals surface area contributed by atoms with Gasteiger partial charge in [0.2, 0.25) is 0 Å². The van der Waals surface area contributed by atoms with Gasteiger partial charge in [-0.25, -0.2) is 0 Å². The number of nitrogens with one attached hydrogen (secondary N) is 1. The van der Waals surface area contributed by atoms with E-state index in [1.54, 1.807) is 0 Å². The Labute approximate surface area is 201 Å². The molecule has 4 rings (SSSR count). The highest BCUT2D eigenvalue weighted by Gasteiger charge is 2.30. The van der Waals surface area contributed by atoms with Gasteiger partial charge < -0.3 is 19.9 Å². The molecule has 1 N–H and O–H groups in total. The van der Waals surface area contributed by atoms with Gasteiger partial charge in [-0.15, -0.1) is 24.0 Å². The van der Waals surface area contributed by atoms with Crippen molar-refractivity contribution in [1.82, 2.24) is 20.1 Å². The molecule has 0 saturated carbocycles. The lowest BCUT2D eigenvalue weighted by atomic mass is 10.1. The Bertz CT molecular complexity index is 887. The summed E-state index contributed by atoms with van der Waals surface area (Å²) >= 11 is 0. The minimum Gasteiger partial charge on any atom is -0.368 e. The molecule has 7 nitrogen and oxygen atoms in total. The number of guanidine groups is 1. The standard InChI is InChI=1S/C23H31N5O2.HI/c1-2-24-23(26-12-10-19-7-3-6-18-8-4-11-25-21(18)19)28-15-13-27(14-16-28)22(29)20-9-5-17-30-20;/h3-4,6-8,11,20H,2,5,9-10,12-17H2,1H3,(H,24,26);1H. The molecule has 1 amide bonds. The van der Waals surface area contributed by atoms with E-state index >= 15 is 0 Å². The summed E-state index contributed by atoms with van der Waals surface area (Å²) in [4.78, 5) is 26.2. The van der Waals surface area contributed by atoms with Crippen LogP contribution in [0.5, 0.6) is 0 Å². The number of hydrogen-bond acceptors (Lipinski definition) is 4. The number of para-hydroxylation sites is 1. The van der Waals surface area contributed by atoms with Crippen molar-refractivity contribution in [1.29, 1.82) is 0 Å². The predicted octanol–water partition coefficient (Wildman–Crippen LogP) is 2.68. The van der Waals surface area contributed by atoms with Crippen LogP contribution in [0.3, 0.4) is 0 Å². The molecular formula is C23H32IN5O2. The largest absolute Gasteiger partial charge is 0.368 e. The smallest absolute Gasteiger partial charge is 0.251 e. The fourth-order valence-electron chi connectivity index (χ4n) is 4.19. The molecule has 0 aliphatic carbocycles. The van der Waals surface area contributed by atoms with Crippen molar-refractivity contribution in [3.05, 3.63) is 42.1 Å². The number of carbonyl (C=O) groups excluding carboxylic acids is 1. The maximum Gasteiger partial charge on any atom is 0.251 e. The number of aliphatic imine (C=N–C) groups is 1. The molecule has 2 saturated heterocycles. The van der Waals surface area contributed by atoms with Gasteiger partial charge in [0.05, 0.1) is 5.52 Å². The molecule has 2 aliphatic rings. The van der Waals surface area contributed by atoms with Gasteiger partial charge in [-0.1, -0.05) is 24.3 Å². The molecule has 1 unspecified atom stereocenters. The fourth-order valence-corrected chi connectivity index (χ4v) is 4.19. The van der Waals surface area contributed by atoms with Gasteiger partial charge in [0.25, 0.3) is 5.91 Å². The molecule has 1 atom stereocenters. The van der Waals surface area contributed by atoms with Crippen LogP contribution in [0.25, 0.3) is 10.9 Å². The first-order valence-corrected chi connectivity index (χ1v) is 11.0. The molecular weight excluding hydrogens is 505 g/mol. The lowest BCUT2D eigenvalue weighted by molar-refractivity contribution is -0.142. The Morgan fingerprint density at radius 1 is 1.19 bits per heavy atom. The summed E-state index contributed by atoms with van der Waals surface area (Å²) in [6.45, 7) is 7.34. The molecule has 2 aromatic rings. The number of aromatic nitrogens is 1. The first-order chi connectivity index (χ1) is 14.8.